The highest BCUT2D eigenvalue weighted by molar-refractivity contribution is 5.96. The second-order valence-corrected chi connectivity index (χ2v) is 4.67. The number of nitrogen functional groups attached to an aromatic ring is 1. The number of hydrogen-bond donors (Lipinski definition) is 1. The molecule has 0 unspecified atom stereocenters. The van der Waals surface area contributed by atoms with Crippen molar-refractivity contribution >= 4 is 12.0 Å². The van der Waals surface area contributed by atoms with E-state index in [-0.39, 0.29) is 12.4 Å². The first kappa shape index (κ1) is 12.7. The van der Waals surface area contributed by atoms with Crippen molar-refractivity contribution in [1.29, 1.82) is 0 Å². The second-order valence-electron chi connectivity index (χ2n) is 4.67. The van der Waals surface area contributed by atoms with Crippen LogP contribution >= 0.6 is 0 Å². The van der Waals surface area contributed by atoms with Gasteiger partial charge < -0.3 is 5.73 Å². The molecule has 0 fully saturated rings. The summed E-state index contributed by atoms with van der Waals surface area (Å²) < 4.78 is 40.4. The summed E-state index contributed by atoms with van der Waals surface area (Å²) in [6.45, 7) is 0.256. The second kappa shape index (κ2) is 4.09. The van der Waals surface area contributed by atoms with Crippen LogP contribution in [0, 0.1) is 0 Å². The van der Waals surface area contributed by atoms with Gasteiger partial charge in [-0.15, -0.1) is 0 Å². The van der Waals surface area contributed by atoms with Gasteiger partial charge in [0.2, 0.25) is 0 Å². The number of nitrogens with zero attached hydrogens (tertiary/aromatic N) is 3. The van der Waals surface area contributed by atoms with Crippen molar-refractivity contribution in [1.82, 2.24) is 9.78 Å². The predicted octanol–water partition coefficient (Wildman–Crippen LogP) is 2.62. The van der Waals surface area contributed by atoms with E-state index in [9.17, 15) is 13.2 Å². The third kappa shape index (κ3) is 1.95. The number of anilines is 1. The maximum absolute atomic E-state index is 13.0. The van der Waals surface area contributed by atoms with Gasteiger partial charge in [0.05, 0.1) is 12.1 Å². The minimum Gasteiger partial charge on any atom is -0.382 e. The summed E-state index contributed by atoms with van der Waals surface area (Å²) >= 11 is 0. The molecule has 0 radical (unpaired) electrons. The van der Waals surface area contributed by atoms with Crippen molar-refractivity contribution in [2.75, 3.05) is 5.73 Å². The van der Waals surface area contributed by atoms with Crippen molar-refractivity contribution in [3.63, 3.8) is 0 Å². The molecule has 0 spiro atoms. The van der Waals surface area contributed by atoms with E-state index in [1.54, 1.807) is 19.5 Å². The average Bonchev–Trinajstić information content (AvgIpc) is 2.92. The standard InChI is InChI=1S/C13H11F3N4/c1-20-6-11(12(17)19-20)9-3-8(13(14,15)16)2-7-4-18-5-10(7)9/h2-3,5-6H,4H2,1H3,(H2,17,19). The lowest BCUT2D eigenvalue weighted by Crippen LogP contribution is -2.07. The molecule has 1 aliphatic heterocycles. The monoisotopic (exact) mass is 280 g/mol. The first-order valence-electron chi connectivity index (χ1n) is 5.89. The molecule has 1 aliphatic rings. The highest BCUT2D eigenvalue weighted by Gasteiger charge is 2.33. The molecule has 3 rings (SSSR count). The summed E-state index contributed by atoms with van der Waals surface area (Å²) in [5, 5.41) is 3.97. The summed E-state index contributed by atoms with van der Waals surface area (Å²) in [5.74, 6) is 0.203. The number of rotatable bonds is 1. The first-order valence-corrected chi connectivity index (χ1v) is 5.89. The maximum atomic E-state index is 13.0. The molecule has 104 valence electrons. The Kier molecular flexibility index (Phi) is 2.60. The van der Waals surface area contributed by atoms with Gasteiger partial charge in [0.15, 0.2) is 5.82 Å². The van der Waals surface area contributed by atoms with Crippen molar-refractivity contribution in [3.8, 4) is 11.1 Å². The van der Waals surface area contributed by atoms with E-state index >= 15 is 0 Å². The van der Waals surface area contributed by atoms with Crippen molar-refractivity contribution in [2.24, 2.45) is 12.0 Å². The number of alkyl halides is 3. The van der Waals surface area contributed by atoms with Crippen LogP contribution in [0.2, 0.25) is 0 Å². The fraction of sp³-hybridized carbons (Fsp3) is 0.231. The van der Waals surface area contributed by atoms with Crippen LogP contribution in [-0.2, 0) is 19.8 Å². The van der Waals surface area contributed by atoms with Crippen LogP contribution in [0.25, 0.3) is 11.1 Å². The van der Waals surface area contributed by atoms with Crippen LogP contribution in [0.1, 0.15) is 16.7 Å². The number of aliphatic imine (C=N–C) groups is 1. The third-order valence-electron chi connectivity index (χ3n) is 3.22. The Bertz CT molecular complexity index is 713. The molecule has 0 bridgehead atoms. The average molecular weight is 280 g/mol. The first-order chi connectivity index (χ1) is 9.36. The van der Waals surface area contributed by atoms with E-state index in [1.165, 1.54) is 4.68 Å². The van der Waals surface area contributed by atoms with Crippen LogP contribution < -0.4 is 5.73 Å². The van der Waals surface area contributed by atoms with Gasteiger partial charge in [0, 0.05) is 30.6 Å². The van der Waals surface area contributed by atoms with Crippen LogP contribution in [0.15, 0.2) is 23.3 Å². The van der Waals surface area contributed by atoms with E-state index in [2.05, 4.69) is 10.1 Å². The van der Waals surface area contributed by atoms with E-state index in [1.807, 2.05) is 0 Å². The van der Waals surface area contributed by atoms with Gasteiger partial charge in [0.1, 0.15) is 0 Å². The molecule has 0 atom stereocenters. The Morgan fingerprint density at radius 3 is 2.60 bits per heavy atom. The van der Waals surface area contributed by atoms with Gasteiger partial charge in [-0.2, -0.15) is 18.3 Å². The zero-order valence-electron chi connectivity index (χ0n) is 10.6. The largest absolute Gasteiger partial charge is 0.416 e. The quantitative estimate of drug-likeness (QED) is 0.873. The number of aromatic nitrogens is 2. The van der Waals surface area contributed by atoms with Crippen molar-refractivity contribution in [2.45, 2.75) is 12.7 Å². The van der Waals surface area contributed by atoms with Crippen molar-refractivity contribution in [3.05, 3.63) is 35.0 Å². The van der Waals surface area contributed by atoms with Gasteiger partial charge in [-0.25, -0.2) is 0 Å². The van der Waals surface area contributed by atoms with E-state index in [4.69, 9.17) is 5.73 Å². The Morgan fingerprint density at radius 1 is 1.25 bits per heavy atom. The minimum atomic E-state index is -4.40. The molecule has 0 saturated heterocycles. The summed E-state index contributed by atoms with van der Waals surface area (Å²) in [6.07, 6.45) is -1.21. The Hall–Kier alpha value is -2.31. The molecule has 0 aliphatic carbocycles. The topological polar surface area (TPSA) is 56.2 Å². The van der Waals surface area contributed by atoms with Crippen LogP contribution in [-0.4, -0.2) is 16.0 Å². The molecule has 1 aromatic heterocycles. The Morgan fingerprint density at radius 2 is 2.00 bits per heavy atom. The van der Waals surface area contributed by atoms with Gasteiger partial charge in [-0.3, -0.25) is 9.67 Å². The minimum absolute atomic E-state index is 0.203. The molecule has 7 heteroatoms. The van der Waals surface area contributed by atoms with Crippen LogP contribution in [0.4, 0.5) is 19.0 Å². The van der Waals surface area contributed by atoms with Gasteiger partial charge in [-0.1, -0.05) is 0 Å². The normalized spacial score (nSPS) is 13.8. The highest BCUT2D eigenvalue weighted by atomic mass is 19.4. The fourth-order valence-corrected chi connectivity index (χ4v) is 2.33. The van der Waals surface area contributed by atoms with Crippen molar-refractivity contribution < 1.29 is 13.2 Å². The number of halogens is 3. The molecule has 4 nitrogen and oxygen atoms in total. The number of nitrogens with two attached hydrogens (primary N) is 1. The summed E-state index contributed by atoms with van der Waals surface area (Å²) in [5.41, 5.74) is 7.21. The molecule has 0 amide bonds. The smallest absolute Gasteiger partial charge is 0.382 e. The molecule has 0 saturated carbocycles. The van der Waals surface area contributed by atoms with E-state index < -0.39 is 11.7 Å². The lowest BCUT2D eigenvalue weighted by Gasteiger charge is -2.12. The number of hydrogen-bond acceptors (Lipinski definition) is 3. The molecule has 1 aromatic carbocycles. The zero-order chi connectivity index (χ0) is 14.5. The molecule has 2 aromatic rings. The van der Waals surface area contributed by atoms with E-state index in [0.29, 0.717) is 22.3 Å². The highest BCUT2D eigenvalue weighted by Crippen LogP contribution is 2.38. The van der Waals surface area contributed by atoms with Gasteiger partial charge in [-0.05, 0) is 23.3 Å². The number of fused-ring (bicyclic) bond motifs is 1. The number of aryl methyl sites for hydroxylation is 1. The van der Waals surface area contributed by atoms with Gasteiger partial charge >= 0.3 is 6.18 Å². The van der Waals surface area contributed by atoms with E-state index in [0.717, 1.165) is 12.1 Å². The molecular formula is C13H11F3N4. The number of benzene rings is 1. The predicted molar refractivity (Wildman–Crippen MR) is 69.4 cm³/mol. The SMILES string of the molecule is Cn1cc(-c2cc(C(F)(F)F)cc3c2C=NC3)c(N)n1. The molecule has 20 heavy (non-hydrogen) atoms. The fourth-order valence-electron chi connectivity index (χ4n) is 2.33. The Balaban J connectivity index is 2.26. The maximum Gasteiger partial charge on any atom is 0.416 e. The lowest BCUT2D eigenvalue weighted by molar-refractivity contribution is -0.137. The summed E-state index contributed by atoms with van der Waals surface area (Å²) in [7, 11) is 1.67. The molecule has 2 heterocycles. The summed E-state index contributed by atoms with van der Waals surface area (Å²) in [6, 6.07) is 2.24. The summed E-state index contributed by atoms with van der Waals surface area (Å²) in [4.78, 5) is 4.04. The zero-order valence-corrected chi connectivity index (χ0v) is 10.6. The lowest BCUT2D eigenvalue weighted by atomic mass is 9.95. The van der Waals surface area contributed by atoms with Crippen LogP contribution in [0.5, 0.6) is 0 Å². The third-order valence-corrected chi connectivity index (χ3v) is 3.22. The van der Waals surface area contributed by atoms with Gasteiger partial charge in [0.25, 0.3) is 0 Å². The molecular weight excluding hydrogens is 269 g/mol. The Labute approximate surface area is 112 Å². The van der Waals surface area contributed by atoms with Crippen LogP contribution in [0.3, 0.4) is 0 Å². The molecule has 2 N–H and O–H groups in total.